The summed E-state index contributed by atoms with van der Waals surface area (Å²) in [4.78, 5) is 4.18. The lowest BCUT2D eigenvalue weighted by molar-refractivity contribution is 0.375. The first-order valence-electron chi connectivity index (χ1n) is 4.81. The summed E-state index contributed by atoms with van der Waals surface area (Å²) in [5.41, 5.74) is 6.14. The van der Waals surface area contributed by atoms with Gasteiger partial charge in [0, 0.05) is 11.7 Å². The fourth-order valence-electron chi connectivity index (χ4n) is 1.76. The lowest BCUT2D eigenvalue weighted by atomic mass is 9.96. The van der Waals surface area contributed by atoms with Crippen molar-refractivity contribution in [2.45, 2.75) is 37.5 Å². The van der Waals surface area contributed by atoms with Gasteiger partial charge in [0.2, 0.25) is 5.89 Å². The van der Waals surface area contributed by atoms with Crippen LogP contribution in [0.25, 0.3) is 0 Å². The molecule has 1 fully saturated rings. The second-order valence-electron chi connectivity index (χ2n) is 3.91. The summed E-state index contributed by atoms with van der Waals surface area (Å²) in [5, 5.41) is 3.88. The van der Waals surface area contributed by atoms with Gasteiger partial charge in [0.15, 0.2) is 5.82 Å². The molecule has 1 aliphatic rings. The molecule has 4 nitrogen and oxygen atoms in total. The summed E-state index contributed by atoms with van der Waals surface area (Å²) in [5.74, 6) is 2.41. The summed E-state index contributed by atoms with van der Waals surface area (Å²) >= 11 is 1.91. The molecule has 1 aromatic rings. The number of nitrogens with zero attached hydrogens (tertiary/aromatic N) is 2. The summed E-state index contributed by atoms with van der Waals surface area (Å²) in [6.45, 7) is 3.97. The molecule has 5 heteroatoms. The van der Waals surface area contributed by atoms with E-state index in [4.69, 9.17) is 10.3 Å². The first-order valence-corrected chi connectivity index (χ1v) is 5.80. The van der Waals surface area contributed by atoms with E-state index < -0.39 is 0 Å². The van der Waals surface area contributed by atoms with Crippen molar-refractivity contribution < 1.29 is 4.52 Å². The molecule has 78 valence electrons. The Morgan fingerprint density at radius 1 is 1.64 bits per heavy atom. The maximum Gasteiger partial charge on any atom is 0.223 e. The third kappa shape index (κ3) is 1.66. The molecular formula is C9H15N3OS. The van der Waals surface area contributed by atoms with E-state index in [1.807, 2.05) is 11.8 Å². The summed E-state index contributed by atoms with van der Waals surface area (Å²) in [7, 11) is 0. The van der Waals surface area contributed by atoms with Crippen LogP contribution in [0.1, 0.15) is 37.5 Å². The molecular weight excluding hydrogens is 198 g/mol. The quantitative estimate of drug-likeness (QED) is 0.809. The number of hydrogen-bond donors (Lipinski definition) is 1. The molecule has 0 amide bonds. The van der Waals surface area contributed by atoms with E-state index >= 15 is 0 Å². The van der Waals surface area contributed by atoms with Crippen LogP contribution in [0.3, 0.4) is 0 Å². The van der Waals surface area contributed by atoms with Crippen molar-refractivity contribution in [1.29, 1.82) is 0 Å². The van der Waals surface area contributed by atoms with Crippen molar-refractivity contribution in [1.82, 2.24) is 10.1 Å². The van der Waals surface area contributed by atoms with Gasteiger partial charge in [-0.3, -0.25) is 0 Å². The lowest BCUT2D eigenvalue weighted by Crippen LogP contribution is -2.33. The van der Waals surface area contributed by atoms with Gasteiger partial charge in [0.05, 0.1) is 6.04 Å². The molecule has 0 saturated carbocycles. The van der Waals surface area contributed by atoms with Gasteiger partial charge in [0.25, 0.3) is 0 Å². The summed E-state index contributed by atoms with van der Waals surface area (Å²) in [6, 6.07) is -0.118. The molecule has 1 aromatic heterocycles. The molecule has 2 heterocycles. The third-order valence-corrected chi connectivity index (χ3v) is 4.34. The highest BCUT2D eigenvalue weighted by Gasteiger charge is 2.38. The summed E-state index contributed by atoms with van der Waals surface area (Å²) < 4.78 is 5.02. The highest BCUT2D eigenvalue weighted by atomic mass is 32.2. The summed E-state index contributed by atoms with van der Waals surface area (Å²) in [6.07, 6.45) is 2.36. The van der Waals surface area contributed by atoms with Gasteiger partial charge < -0.3 is 10.3 Å². The molecule has 2 atom stereocenters. The monoisotopic (exact) mass is 213 g/mol. The number of aromatic nitrogens is 2. The maximum atomic E-state index is 6.14. The highest BCUT2D eigenvalue weighted by Crippen LogP contribution is 2.44. The highest BCUT2D eigenvalue weighted by molar-refractivity contribution is 8.00. The van der Waals surface area contributed by atoms with Gasteiger partial charge in [-0.2, -0.15) is 16.7 Å². The predicted molar refractivity (Wildman–Crippen MR) is 56.1 cm³/mol. The van der Waals surface area contributed by atoms with E-state index in [0.29, 0.717) is 11.7 Å². The number of thioether (sulfide) groups is 1. The van der Waals surface area contributed by atoms with Crippen molar-refractivity contribution in [3.05, 3.63) is 11.7 Å². The molecule has 0 spiro atoms. The van der Waals surface area contributed by atoms with Crippen LogP contribution >= 0.6 is 11.8 Å². The minimum absolute atomic E-state index is 0.0797. The first kappa shape index (κ1) is 9.98. The van der Waals surface area contributed by atoms with Crippen molar-refractivity contribution in [2.75, 3.05) is 5.75 Å². The van der Waals surface area contributed by atoms with Crippen molar-refractivity contribution in [3.63, 3.8) is 0 Å². The maximum absolute atomic E-state index is 6.14. The molecule has 2 N–H and O–H groups in total. The molecule has 2 rings (SSSR count). The zero-order valence-corrected chi connectivity index (χ0v) is 9.30. The minimum Gasteiger partial charge on any atom is -0.340 e. The normalized spacial score (nSPS) is 29.4. The topological polar surface area (TPSA) is 64.9 Å². The van der Waals surface area contributed by atoms with Crippen LogP contribution in [-0.2, 0) is 0 Å². The zero-order chi connectivity index (χ0) is 10.2. The Morgan fingerprint density at radius 3 is 2.93 bits per heavy atom. The molecule has 0 bridgehead atoms. The standard InChI is InChI=1S/C9H15N3OS/c1-6-11-8(12-13-6)7(10)9(2)4-3-5-14-9/h7H,3-5,10H2,1-2H3. The fraction of sp³-hybridized carbons (Fsp3) is 0.778. The molecule has 0 aromatic carbocycles. The van der Waals surface area contributed by atoms with Crippen molar-refractivity contribution in [2.24, 2.45) is 5.73 Å². The van der Waals surface area contributed by atoms with E-state index in [0.717, 1.165) is 6.42 Å². The Hall–Kier alpha value is -0.550. The van der Waals surface area contributed by atoms with E-state index in [1.54, 1.807) is 6.92 Å². The van der Waals surface area contributed by atoms with Gasteiger partial charge in [0.1, 0.15) is 0 Å². The smallest absolute Gasteiger partial charge is 0.223 e. The van der Waals surface area contributed by atoms with Gasteiger partial charge in [-0.05, 0) is 25.5 Å². The number of aryl methyl sites for hydroxylation is 1. The molecule has 0 aliphatic carbocycles. The fourth-order valence-corrected chi connectivity index (χ4v) is 3.09. The first-order chi connectivity index (χ1) is 6.62. The van der Waals surface area contributed by atoms with E-state index in [1.165, 1.54) is 12.2 Å². The molecule has 0 radical (unpaired) electrons. The third-order valence-electron chi connectivity index (χ3n) is 2.73. The molecule has 2 unspecified atom stereocenters. The van der Waals surface area contributed by atoms with Crippen LogP contribution in [-0.4, -0.2) is 20.6 Å². The number of nitrogens with two attached hydrogens (primary N) is 1. The zero-order valence-electron chi connectivity index (χ0n) is 8.49. The second-order valence-corrected chi connectivity index (χ2v) is 5.54. The van der Waals surface area contributed by atoms with Gasteiger partial charge >= 0.3 is 0 Å². The van der Waals surface area contributed by atoms with E-state index in [9.17, 15) is 0 Å². The van der Waals surface area contributed by atoms with E-state index in [-0.39, 0.29) is 10.8 Å². The molecule has 1 saturated heterocycles. The Labute approximate surface area is 87.6 Å². The Balaban J connectivity index is 2.18. The Morgan fingerprint density at radius 2 is 2.43 bits per heavy atom. The van der Waals surface area contributed by atoms with Gasteiger partial charge in [-0.25, -0.2) is 0 Å². The lowest BCUT2D eigenvalue weighted by Gasteiger charge is -2.27. The SMILES string of the molecule is Cc1nc(C(N)C2(C)CCCS2)no1. The molecule has 14 heavy (non-hydrogen) atoms. The van der Waals surface area contributed by atoms with E-state index in [2.05, 4.69) is 17.1 Å². The van der Waals surface area contributed by atoms with Crippen LogP contribution < -0.4 is 5.73 Å². The van der Waals surface area contributed by atoms with Crippen LogP contribution in [0.4, 0.5) is 0 Å². The van der Waals surface area contributed by atoms with Crippen LogP contribution in [0, 0.1) is 6.92 Å². The largest absolute Gasteiger partial charge is 0.340 e. The van der Waals surface area contributed by atoms with Crippen LogP contribution in [0.2, 0.25) is 0 Å². The van der Waals surface area contributed by atoms with Crippen LogP contribution in [0.5, 0.6) is 0 Å². The number of hydrogen-bond acceptors (Lipinski definition) is 5. The second kappa shape index (κ2) is 3.55. The van der Waals surface area contributed by atoms with Crippen molar-refractivity contribution >= 4 is 11.8 Å². The predicted octanol–water partition coefficient (Wildman–Crippen LogP) is 1.66. The van der Waals surface area contributed by atoms with Crippen molar-refractivity contribution in [3.8, 4) is 0 Å². The van der Waals surface area contributed by atoms with Gasteiger partial charge in [-0.15, -0.1) is 0 Å². The average molecular weight is 213 g/mol. The van der Waals surface area contributed by atoms with Crippen LogP contribution in [0.15, 0.2) is 4.52 Å². The minimum atomic E-state index is -0.118. The molecule has 1 aliphatic heterocycles. The van der Waals surface area contributed by atoms with Gasteiger partial charge in [-0.1, -0.05) is 5.16 Å². The Bertz CT molecular complexity index is 320. The Kier molecular flexibility index (Phi) is 2.53. The number of rotatable bonds is 2. The average Bonchev–Trinajstić information content (AvgIpc) is 2.74.